The first-order chi connectivity index (χ1) is 11.5. The zero-order valence-electron chi connectivity index (χ0n) is 13.0. The number of nitrogens with zero attached hydrogens (tertiary/aromatic N) is 1. The molecule has 8 heteroatoms. The van der Waals surface area contributed by atoms with Crippen molar-refractivity contribution in [2.75, 3.05) is 19.5 Å². The second-order valence-electron chi connectivity index (χ2n) is 5.49. The van der Waals surface area contributed by atoms with Gasteiger partial charge < -0.3 is 20.1 Å². The number of methoxy groups -OCH3 is 1. The van der Waals surface area contributed by atoms with Crippen molar-refractivity contribution in [2.24, 2.45) is 5.73 Å². The Morgan fingerprint density at radius 1 is 1.42 bits per heavy atom. The summed E-state index contributed by atoms with van der Waals surface area (Å²) in [6.07, 6.45) is 0. The van der Waals surface area contributed by atoms with Crippen molar-refractivity contribution in [3.63, 3.8) is 0 Å². The number of thioether (sulfide) groups is 1. The molecule has 1 aromatic carbocycles. The molecule has 2 aliphatic heterocycles. The molecular formula is C16H17ClN2O4S. The summed E-state index contributed by atoms with van der Waals surface area (Å²) in [5.41, 5.74) is 7.34. The van der Waals surface area contributed by atoms with E-state index in [0.717, 1.165) is 11.3 Å². The van der Waals surface area contributed by atoms with Crippen molar-refractivity contribution in [2.45, 2.75) is 18.0 Å². The Bertz CT molecular complexity index is 692. The Morgan fingerprint density at radius 2 is 2.12 bits per heavy atom. The molecule has 1 fully saturated rings. The lowest BCUT2D eigenvalue weighted by molar-refractivity contribution is -0.144. The normalized spacial score (nSPS) is 22.8. The van der Waals surface area contributed by atoms with E-state index in [1.807, 2.05) is 12.1 Å². The summed E-state index contributed by atoms with van der Waals surface area (Å²) in [6, 6.07) is 6.70. The average molecular weight is 369 g/mol. The number of hydrogen-bond acceptors (Lipinski definition) is 6. The van der Waals surface area contributed by atoms with Gasteiger partial charge in [-0.15, -0.1) is 11.6 Å². The number of ether oxygens (including phenoxy) is 2. The standard InChI is InChI=1S/C16H17ClN2O4S/c1-22-11-4-2-9(3-5-11)8-23-16(21)13-10(6-17)7-19-14(20)12(18)15(19)24-13/h2-5,12,15H,6-8,18H2,1H3/t12?,15-/m0/s1. The molecule has 128 valence electrons. The molecule has 1 amide bonds. The minimum Gasteiger partial charge on any atom is -0.497 e. The highest BCUT2D eigenvalue weighted by Crippen LogP contribution is 2.41. The number of carbonyl (C=O) groups excluding carboxylic acids is 2. The zero-order valence-corrected chi connectivity index (χ0v) is 14.6. The first-order valence-corrected chi connectivity index (χ1v) is 8.77. The summed E-state index contributed by atoms with van der Waals surface area (Å²) >= 11 is 7.18. The van der Waals surface area contributed by atoms with E-state index in [9.17, 15) is 9.59 Å². The first-order valence-electron chi connectivity index (χ1n) is 7.36. The molecule has 0 aromatic heterocycles. The number of alkyl halides is 1. The molecule has 0 bridgehead atoms. The minimum atomic E-state index is -0.573. The van der Waals surface area contributed by atoms with Crippen molar-refractivity contribution in [1.29, 1.82) is 0 Å². The Balaban J connectivity index is 1.66. The molecule has 6 nitrogen and oxygen atoms in total. The van der Waals surface area contributed by atoms with Gasteiger partial charge in [0.25, 0.3) is 0 Å². The van der Waals surface area contributed by atoms with Gasteiger partial charge in [0.15, 0.2) is 0 Å². The van der Waals surface area contributed by atoms with Crippen LogP contribution in [0, 0.1) is 0 Å². The van der Waals surface area contributed by atoms with Crippen LogP contribution in [0.5, 0.6) is 5.75 Å². The lowest BCUT2D eigenvalue weighted by atomic mass is 10.1. The SMILES string of the molecule is COc1ccc(COC(=O)C2=C(CCl)CN3C(=O)C(N)[C@@H]3S2)cc1. The number of halogens is 1. The molecule has 0 radical (unpaired) electrons. The number of hydrogen-bond donors (Lipinski definition) is 1. The number of carbonyl (C=O) groups is 2. The van der Waals surface area contributed by atoms with Crippen molar-refractivity contribution in [1.82, 2.24) is 4.90 Å². The highest BCUT2D eigenvalue weighted by molar-refractivity contribution is 8.04. The van der Waals surface area contributed by atoms with E-state index < -0.39 is 12.0 Å². The van der Waals surface area contributed by atoms with Crippen LogP contribution in [0.3, 0.4) is 0 Å². The second-order valence-corrected chi connectivity index (χ2v) is 6.89. The number of fused-ring (bicyclic) bond motifs is 1. The molecule has 0 saturated carbocycles. The molecule has 1 saturated heterocycles. The van der Waals surface area contributed by atoms with E-state index in [1.165, 1.54) is 11.8 Å². The summed E-state index contributed by atoms with van der Waals surface area (Å²) < 4.78 is 10.5. The second kappa shape index (κ2) is 7.04. The maximum Gasteiger partial charge on any atom is 0.345 e. The maximum absolute atomic E-state index is 12.4. The number of β-lactam (4-membered cyclic amide) rings is 1. The number of benzene rings is 1. The van der Waals surface area contributed by atoms with E-state index in [0.29, 0.717) is 17.0 Å². The molecule has 1 aromatic rings. The van der Waals surface area contributed by atoms with E-state index in [1.54, 1.807) is 24.1 Å². The van der Waals surface area contributed by atoms with Gasteiger partial charge in [-0.25, -0.2) is 4.79 Å². The monoisotopic (exact) mass is 368 g/mol. The van der Waals surface area contributed by atoms with Gasteiger partial charge in [-0.3, -0.25) is 4.79 Å². The molecular weight excluding hydrogens is 352 g/mol. The van der Waals surface area contributed by atoms with Crippen LogP contribution in [-0.2, 0) is 20.9 Å². The lowest BCUT2D eigenvalue weighted by Crippen LogP contribution is -2.68. The highest BCUT2D eigenvalue weighted by Gasteiger charge is 2.49. The smallest absolute Gasteiger partial charge is 0.345 e. The fourth-order valence-electron chi connectivity index (χ4n) is 2.57. The summed E-state index contributed by atoms with van der Waals surface area (Å²) in [4.78, 5) is 26.2. The third-order valence-corrected chi connectivity index (χ3v) is 5.78. The van der Waals surface area contributed by atoms with E-state index in [2.05, 4.69) is 0 Å². The molecule has 1 unspecified atom stereocenters. The van der Waals surface area contributed by atoms with Crippen molar-refractivity contribution in [3.8, 4) is 5.75 Å². The van der Waals surface area contributed by atoms with Gasteiger partial charge in [0.1, 0.15) is 23.8 Å². The molecule has 2 atom stereocenters. The molecule has 3 rings (SSSR count). The Hall–Kier alpha value is -1.70. The van der Waals surface area contributed by atoms with Crippen LogP contribution >= 0.6 is 23.4 Å². The number of amides is 1. The number of rotatable bonds is 5. The van der Waals surface area contributed by atoms with E-state index >= 15 is 0 Å². The molecule has 24 heavy (non-hydrogen) atoms. The van der Waals surface area contributed by atoms with Gasteiger partial charge in [0.05, 0.1) is 12.0 Å². The van der Waals surface area contributed by atoms with Crippen molar-refractivity contribution >= 4 is 35.2 Å². The highest BCUT2D eigenvalue weighted by atomic mass is 35.5. The fraction of sp³-hybridized carbons (Fsp3) is 0.375. The van der Waals surface area contributed by atoms with Gasteiger partial charge in [-0.1, -0.05) is 23.9 Å². The van der Waals surface area contributed by atoms with Gasteiger partial charge in [0, 0.05) is 12.4 Å². The average Bonchev–Trinajstić information content (AvgIpc) is 2.64. The summed E-state index contributed by atoms with van der Waals surface area (Å²) in [7, 11) is 1.59. The molecule has 2 N–H and O–H groups in total. The van der Waals surface area contributed by atoms with Crippen LogP contribution < -0.4 is 10.5 Å². The van der Waals surface area contributed by atoms with Crippen LogP contribution in [0.15, 0.2) is 34.7 Å². The third kappa shape index (κ3) is 3.11. The lowest BCUT2D eigenvalue weighted by Gasteiger charge is -2.48. The van der Waals surface area contributed by atoms with Crippen LogP contribution in [0.1, 0.15) is 5.56 Å². The number of nitrogens with two attached hydrogens (primary N) is 1. The summed E-state index contributed by atoms with van der Waals surface area (Å²) in [5, 5.41) is -0.215. The molecule has 0 aliphatic carbocycles. The van der Waals surface area contributed by atoms with E-state index in [-0.39, 0.29) is 23.8 Å². The fourth-order valence-corrected chi connectivity index (χ4v) is 4.13. The van der Waals surface area contributed by atoms with Crippen molar-refractivity contribution in [3.05, 3.63) is 40.3 Å². The Labute approximate surface area is 148 Å². The van der Waals surface area contributed by atoms with E-state index in [4.69, 9.17) is 26.8 Å². The van der Waals surface area contributed by atoms with Gasteiger partial charge in [0.2, 0.25) is 5.91 Å². The van der Waals surface area contributed by atoms with Crippen molar-refractivity contribution < 1.29 is 19.1 Å². The number of esters is 1. The van der Waals surface area contributed by atoms with Crippen LogP contribution in [0.25, 0.3) is 0 Å². The summed E-state index contributed by atoms with van der Waals surface area (Å²) in [6.45, 7) is 0.489. The van der Waals surface area contributed by atoms with Gasteiger partial charge in [-0.2, -0.15) is 0 Å². The minimum absolute atomic E-state index is 0.110. The largest absolute Gasteiger partial charge is 0.497 e. The molecule has 2 heterocycles. The zero-order chi connectivity index (χ0) is 17.3. The third-order valence-electron chi connectivity index (χ3n) is 3.98. The summed E-state index contributed by atoms with van der Waals surface area (Å²) in [5.74, 6) is 0.369. The maximum atomic E-state index is 12.4. The molecule has 0 spiro atoms. The van der Waals surface area contributed by atoms with Gasteiger partial charge >= 0.3 is 5.97 Å². The van der Waals surface area contributed by atoms with Crippen LogP contribution in [0.2, 0.25) is 0 Å². The Morgan fingerprint density at radius 3 is 2.75 bits per heavy atom. The molecule has 2 aliphatic rings. The topological polar surface area (TPSA) is 81.9 Å². The predicted octanol–water partition coefficient (Wildman–Crippen LogP) is 1.47. The predicted molar refractivity (Wildman–Crippen MR) is 91.6 cm³/mol. The van der Waals surface area contributed by atoms with Gasteiger partial charge in [-0.05, 0) is 23.3 Å². The Kier molecular flexibility index (Phi) is 5.03. The van der Waals surface area contributed by atoms with Crippen LogP contribution in [-0.4, -0.2) is 47.7 Å². The van der Waals surface area contributed by atoms with Crippen LogP contribution in [0.4, 0.5) is 0 Å². The first kappa shape index (κ1) is 17.1. The quantitative estimate of drug-likeness (QED) is 0.481.